The number of hydrogen-bond donors (Lipinski definition) is 2. The molecular weight excluding hydrogens is 325 g/mol. The Morgan fingerprint density at radius 2 is 1.83 bits per heavy atom. The van der Waals surface area contributed by atoms with Crippen molar-refractivity contribution in [1.29, 1.82) is 0 Å². The third-order valence-corrected chi connectivity index (χ3v) is 3.23. The fourth-order valence-corrected chi connectivity index (χ4v) is 1.89. The Morgan fingerprint density at radius 1 is 1.17 bits per heavy atom. The molecule has 2 aromatic rings. The largest absolute Gasteiger partial charge is 0.459 e. The smallest absolute Gasteiger partial charge is 0.416 e. The first kappa shape index (κ1) is 17.6. The molecule has 1 atom stereocenters. The second-order valence-electron chi connectivity index (χ2n) is 5.08. The number of benzene rings is 1. The molecule has 0 aliphatic heterocycles. The number of rotatable bonds is 5. The number of halogens is 3. The van der Waals surface area contributed by atoms with E-state index in [0.29, 0.717) is 5.56 Å². The third-order valence-electron chi connectivity index (χ3n) is 3.23. The van der Waals surface area contributed by atoms with Crippen molar-refractivity contribution in [2.75, 3.05) is 0 Å². The van der Waals surface area contributed by atoms with Gasteiger partial charge < -0.3 is 15.1 Å². The molecule has 1 aromatic heterocycles. The maximum absolute atomic E-state index is 12.5. The number of nitrogens with one attached hydrogen (secondary N) is 2. The third kappa shape index (κ3) is 4.61. The lowest BCUT2D eigenvalue weighted by Crippen LogP contribution is -2.44. The van der Waals surface area contributed by atoms with E-state index in [1.807, 2.05) is 0 Å². The van der Waals surface area contributed by atoms with Gasteiger partial charge in [-0.15, -0.1) is 0 Å². The molecule has 0 fully saturated rings. The van der Waals surface area contributed by atoms with E-state index in [1.165, 1.54) is 31.4 Å². The average Bonchev–Trinajstić information content (AvgIpc) is 3.06. The van der Waals surface area contributed by atoms with Gasteiger partial charge in [-0.25, -0.2) is 0 Å². The van der Waals surface area contributed by atoms with E-state index >= 15 is 0 Å². The van der Waals surface area contributed by atoms with E-state index in [9.17, 15) is 22.8 Å². The standard InChI is InChI=1S/C16H15F3N2O3/c1-10(21-15(23)13-3-2-8-24-13)14(22)20-9-11-4-6-12(7-5-11)16(17,18)19/h2-8,10H,9H2,1H3,(H,20,22)(H,21,23)/t10-/m0/s1. The maximum Gasteiger partial charge on any atom is 0.416 e. The zero-order chi connectivity index (χ0) is 17.7. The molecule has 0 bridgehead atoms. The Bertz CT molecular complexity index is 694. The topological polar surface area (TPSA) is 71.3 Å². The van der Waals surface area contributed by atoms with Gasteiger partial charge in [0.25, 0.3) is 5.91 Å². The molecule has 1 heterocycles. The first-order valence-corrected chi connectivity index (χ1v) is 7.05. The lowest BCUT2D eigenvalue weighted by Gasteiger charge is -2.13. The lowest BCUT2D eigenvalue weighted by atomic mass is 10.1. The van der Waals surface area contributed by atoms with Gasteiger partial charge in [0.05, 0.1) is 11.8 Å². The van der Waals surface area contributed by atoms with Crippen LogP contribution < -0.4 is 10.6 Å². The Morgan fingerprint density at radius 3 is 2.38 bits per heavy atom. The highest BCUT2D eigenvalue weighted by Crippen LogP contribution is 2.29. The Kier molecular flexibility index (Phi) is 5.28. The summed E-state index contributed by atoms with van der Waals surface area (Å²) in [6.07, 6.45) is -3.06. The van der Waals surface area contributed by atoms with Crippen molar-refractivity contribution in [3.63, 3.8) is 0 Å². The van der Waals surface area contributed by atoms with Crippen LogP contribution in [0, 0.1) is 0 Å². The molecule has 2 amide bonds. The SMILES string of the molecule is C[C@H](NC(=O)c1ccco1)C(=O)NCc1ccc(C(F)(F)F)cc1. The van der Waals surface area contributed by atoms with E-state index in [1.54, 1.807) is 6.07 Å². The maximum atomic E-state index is 12.5. The summed E-state index contributed by atoms with van der Waals surface area (Å²) in [5, 5.41) is 5.00. The van der Waals surface area contributed by atoms with Crippen molar-refractivity contribution in [1.82, 2.24) is 10.6 Å². The minimum atomic E-state index is -4.40. The molecular formula is C16H15F3N2O3. The molecule has 0 saturated heterocycles. The van der Waals surface area contributed by atoms with Crippen molar-refractivity contribution in [2.24, 2.45) is 0 Å². The summed E-state index contributed by atoms with van der Waals surface area (Å²) in [7, 11) is 0. The molecule has 1 aromatic carbocycles. The molecule has 2 rings (SSSR count). The zero-order valence-corrected chi connectivity index (χ0v) is 12.7. The molecule has 0 spiro atoms. The van der Waals surface area contributed by atoms with Crippen LogP contribution in [0.4, 0.5) is 13.2 Å². The van der Waals surface area contributed by atoms with Crippen molar-refractivity contribution < 1.29 is 27.2 Å². The van der Waals surface area contributed by atoms with Gasteiger partial charge in [0.2, 0.25) is 5.91 Å². The van der Waals surface area contributed by atoms with E-state index in [4.69, 9.17) is 4.42 Å². The molecule has 5 nitrogen and oxygen atoms in total. The van der Waals surface area contributed by atoms with Gasteiger partial charge in [-0.2, -0.15) is 13.2 Å². The lowest BCUT2D eigenvalue weighted by molar-refractivity contribution is -0.137. The summed E-state index contributed by atoms with van der Waals surface area (Å²) in [6, 6.07) is 6.65. The second kappa shape index (κ2) is 7.20. The van der Waals surface area contributed by atoms with Crippen LogP contribution in [0.3, 0.4) is 0 Å². The zero-order valence-electron chi connectivity index (χ0n) is 12.7. The summed E-state index contributed by atoms with van der Waals surface area (Å²) in [6.45, 7) is 1.54. The Labute approximate surface area is 135 Å². The molecule has 24 heavy (non-hydrogen) atoms. The number of amides is 2. The van der Waals surface area contributed by atoms with Crippen LogP contribution in [0.2, 0.25) is 0 Å². The van der Waals surface area contributed by atoms with Gasteiger partial charge in [0.1, 0.15) is 6.04 Å². The van der Waals surface area contributed by atoms with Crippen LogP contribution in [-0.4, -0.2) is 17.9 Å². The fourth-order valence-electron chi connectivity index (χ4n) is 1.89. The molecule has 0 aliphatic carbocycles. The van der Waals surface area contributed by atoms with Gasteiger partial charge >= 0.3 is 6.18 Å². The average molecular weight is 340 g/mol. The molecule has 8 heteroatoms. The molecule has 0 radical (unpaired) electrons. The van der Waals surface area contributed by atoms with Gasteiger partial charge in [-0.05, 0) is 36.8 Å². The van der Waals surface area contributed by atoms with E-state index in [2.05, 4.69) is 10.6 Å². The highest BCUT2D eigenvalue weighted by Gasteiger charge is 2.29. The summed E-state index contributed by atoms with van der Waals surface area (Å²) in [5.41, 5.74) is -0.238. The summed E-state index contributed by atoms with van der Waals surface area (Å²) in [4.78, 5) is 23.6. The van der Waals surface area contributed by atoms with Gasteiger partial charge in [0.15, 0.2) is 5.76 Å². The summed E-state index contributed by atoms with van der Waals surface area (Å²) >= 11 is 0. The predicted molar refractivity (Wildman–Crippen MR) is 78.9 cm³/mol. The van der Waals surface area contributed by atoms with Crippen molar-refractivity contribution in [3.8, 4) is 0 Å². The molecule has 0 unspecified atom stereocenters. The highest BCUT2D eigenvalue weighted by atomic mass is 19.4. The predicted octanol–water partition coefficient (Wildman–Crippen LogP) is 2.73. The molecule has 0 aliphatic rings. The van der Waals surface area contributed by atoms with Crippen molar-refractivity contribution in [3.05, 3.63) is 59.5 Å². The van der Waals surface area contributed by atoms with Crippen molar-refractivity contribution in [2.45, 2.75) is 25.7 Å². The van der Waals surface area contributed by atoms with Crippen LogP contribution in [0.15, 0.2) is 47.1 Å². The van der Waals surface area contributed by atoms with E-state index in [-0.39, 0.29) is 12.3 Å². The van der Waals surface area contributed by atoms with Crippen LogP contribution in [0.5, 0.6) is 0 Å². The minimum absolute atomic E-state index is 0.0535. The monoisotopic (exact) mass is 340 g/mol. The molecule has 128 valence electrons. The molecule has 2 N–H and O–H groups in total. The van der Waals surface area contributed by atoms with E-state index < -0.39 is 29.6 Å². The highest BCUT2D eigenvalue weighted by molar-refractivity contribution is 5.95. The Hall–Kier alpha value is -2.77. The van der Waals surface area contributed by atoms with Gasteiger partial charge in [-0.1, -0.05) is 12.1 Å². The number of carbonyl (C=O) groups is 2. The van der Waals surface area contributed by atoms with Crippen molar-refractivity contribution >= 4 is 11.8 Å². The minimum Gasteiger partial charge on any atom is -0.459 e. The van der Waals surface area contributed by atoms with Gasteiger partial charge in [0, 0.05) is 6.54 Å². The van der Waals surface area contributed by atoms with Crippen LogP contribution in [-0.2, 0) is 17.5 Å². The number of hydrogen-bond acceptors (Lipinski definition) is 3. The van der Waals surface area contributed by atoms with E-state index in [0.717, 1.165) is 12.1 Å². The molecule has 0 saturated carbocycles. The first-order chi connectivity index (χ1) is 11.3. The quantitative estimate of drug-likeness (QED) is 0.879. The summed E-state index contributed by atoms with van der Waals surface area (Å²) in [5.74, 6) is -0.913. The van der Waals surface area contributed by atoms with Gasteiger partial charge in [-0.3, -0.25) is 9.59 Å². The fraction of sp³-hybridized carbons (Fsp3) is 0.250. The number of furan rings is 1. The van der Waals surface area contributed by atoms with Crippen LogP contribution in [0.1, 0.15) is 28.6 Å². The summed E-state index contributed by atoms with van der Waals surface area (Å²) < 4.78 is 42.3. The van der Waals surface area contributed by atoms with Crippen LogP contribution in [0.25, 0.3) is 0 Å². The van der Waals surface area contributed by atoms with Crippen LogP contribution >= 0.6 is 0 Å². The first-order valence-electron chi connectivity index (χ1n) is 7.05. The number of carbonyl (C=O) groups excluding carboxylic acids is 2. The second-order valence-corrected chi connectivity index (χ2v) is 5.08. The Balaban J connectivity index is 1.85. The number of alkyl halides is 3. The normalized spacial score (nSPS) is 12.5.